The number of benzene rings is 1. The lowest BCUT2D eigenvalue weighted by Crippen LogP contribution is -2.33. The van der Waals surface area contributed by atoms with E-state index in [1.165, 1.54) is 6.26 Å². The van der Waals surface area contributed by atoms with Gasteiger partial charge < -0.3 is 20.8 Å². The maximum Gasteiger partial charge on any atom is 0.254 e. The normalized spacial score (nSPS) is 9.87. The Morgan fingerprint density at radius 3 is 2.43 bits per heavy atom. The number of rotatable bonds is 5. The minimum absolute atomic E-state index is 0. The summed E-state index contributed by atoms with van der Waals surface area (Å²) < 4.78 is 5.08. The number of halogens is 1. The van der Waals surface area contributed by atoms with Crippen LogP contribution in [0.4, 0.5) is 5.69 Å². The third kappa shape index (κ3) is 4.84. The quantitative estimate of drug-likeness (QED) is 0.778. The standard InChI is InChI=1S/C16H19N3O3.ClH/c1-10-4-3-5-11(2)15(10)19-14(20)8-18-16(21)12-6-13(7-17)22-9-12;/h3-6,9H,7-8,17H2,1-2H3,(H,18,21)(H,19,20);1H. The van der Waals surface area contributed by atoms with Gasteiger partial charge in [-0.3, -0.25) is 9.59 Å². The monoisotopic (exact) mass is 337 g/mol. The van der Waals surface area contributed by atoms with E-state index in [-0.39, 0.29) is 37.3 Å². The van der Waals surface area contributed by atoms with Crippen LogP contribution in [-0.4, -0.2) is 18.4 Å². The van der Waals surface area contributed by atoms with E-state index in [1.54, 1.807) is 6.07 Å². The summed E-state index contributed by atoms with van der Waals surface area (Å²) in [5.74, 6) is -0.140. The molecule has 1 aromatic carbocycles. The molecule has 0 fully saturated rings. The lowest BCUT2D eigenvalue weighted by molar-refractivity contribution is -0.115. The molecule has 4 N–H and O–H groups in total. The number of aryl methyl sites for hydroxylation is 2. The summed E-state index contributed by atoms with van der Waals surface area (Å²) >= 11 is 0. The maximum atomic E-state index is 11.9. The van der Waals surface area contributed by atoms with Crippen LogP contribution >= 0.6 is 12.4 Å². The number of nitrogens with one attached hydrogen (secondary N) is 2. The Morgan fingerprint density at radius 1 is 1.22 bits per heavy atom. The molecule has 7 heteroatoms. The van der Waals surface area contributed by atoms with E-state index in [0.29, 0.717) is 11.3 Å². The molecule has 0 unspecified atom stereocenters. The second kappa shape index (κ2) is 8.36. The molecule has 2 rings (SSSR count). The third-order valence-electron chi connectivity index (χ3n) is 3.27. The van der Waals surface area contributed by atoms with Crippen LogP contribution in [0.5, 0.6) is 0 Å². The lowest BCUT2D eigenvalue weighted by Gasteiger charge is -2.11. The van der Waals surface area contributed by atoms with Gasteiger partial charge in [-0.2, -0.15) is 0 Å². The number of carbonyl (C=O) groups excluding carboxylic acids is 2. The fraction of sp³-hybridized carbons (Fsp3) is 0.250. The van der Waals surface area contributed by atoms with Crippen molar-refractivity contribution in [3.63, 3.8) is 0 Å². The zero-order valence-corrected chi connectivity index (χ0v) is 13.8. The summed E-state index contributed by atoms with van der Waals surface area (Å²) in [4.78, 5) is 23.8. The number of anilines is 1. The van der Waals surface area contributed by atoms with Crippen molar-refractivity contribution in [2.45, 2.75) is 20.4 Å². The SMILES string of the molecule is Cc1cccc(C)c1NC(=O)CNC(=O)c1coc(CN)c1.Cl. The predicted molar refractivity (Wildman–Crippen MR) is 90.7 cm³/mol. The molecule has 0 radical (unpaired) electrons. The van der Waals surface area contributed by atoms with Gasteiger partial charge in [-0.15, -0.1) is 12.4 Å². The average molecular weight is 338 g/mol. The first kappa shape index (κ1) is 18.7. The molecule has 23 heavy (non-hydrogen) atoms. The van der Waals surface area contributed by atoms with Gasteiger partial charge in [0.05, 0.1) is 18.7 Å². The smallest absolute Gasteiger partial charge is 0.254 e. The number of carbonyl (C=O) groups is 2. The summed E-state index contributed by atoms with van der Waals surface area (Å²) in [5, 5.41) is 5.35. The Kier molecular flexibility index (Phi) is 6.81. The maximum absolute atomic E-state index is 11.9. The van der Waals surface area contributed by atoms with Crippen molar-refractivity contribution in [2.75, 3.05) is 11.9 Å². The first-order valence-corrected chi connectivity index (χ1v) is 6.93. The highest BCUT2D eigenvalue weighted by Crippen LogP contribution is 2.19. The number of hydrogen-bond acceptors (Lipinski definition) is 4. The van der Waals surface area contributed by atoms with E-state index >= 15 is 0 Å². The highest BCUT2D eigenvalue weighted by Gasteiger charge is 2.12. The van der Waals surface area contributed by atoms with Gasteiger partial charge in [0.25, 0.3) is 5.91 Å². The van der Waals surface area contributed by atoms with Crippen LogP contribution in [0.15, 0.2) is 34.9 Å². The van der Waals surface area contributed by atoms with Gasteiger partial charge >= 0.3 is 0 Å². The van der Waals surface area contributed by atoms with Crippen LogP contribution in [0.3, 0.4) is 0 Å². The first-order valence-electron chi connectivity index (χ1n) is 6.93. The number of hydrogen-bond donors (Lipinski definition) is 3. The predicted octanol–water partition coefficient (Wildman–Crippen LogP) is 2.15. The third-order valence-corrected chi connectivity index (χ3v) is 3.27. The van der Waals surface area contributed by atoms with E-state index in [4.69, 9.17) is 10.2 Å². The minimum atomic E-state index is -0.375. The molecule has 2 amide bonds. The average Bonchev–Trinajstić information content (AvgIpc) is 2.98. The molecule has 0 aliphatic carbocycles. The van der Waals surface area contributed by atoms with Crippen molar-refractivity contribution in [2.24, 2.45) is 5.73 Å². The van der Waals surface area contributed by atoms with Crippen molar-refractivity contribution in [1.82, 2.24) is 5.32 Å². The zero-order chi connectivity index (χ0) is 16.1. The van der Waals surface area contributed by atoms with Crippen molar-refractivity contribution in [3.05, 3.63) is 53.0 Å². The summed E-state index contributed by atoms with van der Waals surface area (Å²) in [6, 6.07) is 7.32. The minimum Gasteiger partial charge on any atom is -0.467 e. The van der Waals surface area contributed by atoms with Gasteiger partial charge in [-0.1, -0.05) is 18.2 Å². The fourth-order valence-electron chi connectivity index (χ4n) is 2.06. The molecule has 0 saturated carbocycles. The van der Waals surface area contributed by atoms with Crippen molar-refractivity contribution in [3.8, 4) is 0 Å². The summed E-state index contributed by atoms with van der Waals surface area (Å²) in [5.41, 5.74) is 8.48. The Labute approximate surface area is 140 Å². The van der Waals surface area contributed by atoms with Gasteiger partial charge in [-0.05, 0) is 31.0 Å². The Balaban J connectivity index is 0.00000264. The Bertz CT molecular complexity index is 677. The highest BCUT2D eigenvalue weighted by molar-refractivity contribution is 5.99. The van der Waals surface area contributed by atoms with E-state index in [2.05, 4.69) is 10.6 Å². The molecule has 0 atom stereocenters. The van der Waals surface area contributed by atoms with Gasteiger partial charge in [0.1, 0.15) is 12.0 Å². The second-order valence-electron chi connectivity index (χ2n) is 5.00. The van der Waals surface area contributed by atoms with E-state index in [0.717, 1.165) is 16.8 Å². The number of amides is 2. The summed E-state index contributed by atoms with van der Waals surface area (Å²) in [6.07, 6.45) is 1.32. The molecule has 0 spiro atoms. The molecule has 0 bridgehead atoms. The number of nitrogens with two attached hydrogens (primary N) is 1. The highest BCUT2D eigenvalue weighted by atomic mass is 35.5. The summed E-state index contributed by atoms with van der Waals surface area (Å²) in [6.45, 7) is 3.94. The molecular weight excluding hydrogens is 318 g/mol. The molecule has 0 aliphatic rings. The fourth-order valence-corrected chi connectivity index (χ4v) is 2.06. The largest absolute Gasteiger partial charge is 0.467 e. The van der Waals surface area contributed by atoms with E-state index < -0.39 is 0 Å². The van der Waals surface area contributed by atoms with Crippen LogP contribution in [0.1, 0.15) is 27.2 Å². The van der Waals surface area contributed by atoms with Gasteiger partial charge in [0.2, 0.25) is 5.91 Å². The van der Waals surface area contributed by atoms with E-state index in [1.807, 2.05) is 32.0 Å². The van der Waals surface area contributed by atoms with Crippen LogP contribution in [0.25, 0.3) is 0 Å². The van der Waals surface area contributed by atoms with E-state index in [9.17, 15) is 9.59 Å². The summed E-state index contributed by atoms with van der Waals surface area (Å²) in [7, 11) is 0. The molecule has 6 nitrogen and oxygen atoms in total. The van der Waals surface area contributed by atoms with Crippen LogP contribution in [0.2, 0.25) is 0 Å². The first-order chi connectivity index (χ1) is 10.5. The van der Waals surface area contributed by atoms with Crippen LogP contribution in [0, 0.1) is 13.8 Å². The van der Waals surface area contributed by atoms with Gasteiger partial charge in [0, 0.05) is 5.69 Å². The molecule has 1 aromatic heterocycles. The van der Waals surface area contributed by atoms with Crippen molar-refractivity contribution in [1.29, 1.82) is 0 Å². The zero-order valence-electron chi connectivity index (χ0n) is 13.0. The molecule has 0 saturated heterocycles. The van der Waals surface area contributed by atoms with Gasteiger partial charge in [-0.25, -0.2) is 0 Å². The topological polar surface area (TPSA) is 97.4 Å². The molecule has 124 valence electrons. The lowest BCUT2D eigenvalue weighted by atomic mass is 10.1. The number of para-hydroxylation sites is 1. The van der Waals surface area contributed by atoms with Crippen LogP contribution < -0.4 is 16.4 Å². The van der Waals surface area contributed by atoms with Crippen LogP contribution in [-0.2, 0) is 11.3 Å². The molecular formula is C16H20ClN3O3. The van der Waals surface area contributed by atoms with Crippen molar-refractivity contribution < 1.29 is 14.0 Å². The Morgan fingerprint density at radius 2 is 1.87 bits per heavy atom. The Hall–Kier alpha value is -2.31. The number of furan rings is 1. The van der Waals surface area contributed by atoms with Crippen molar-refractivity contribution >= 4 is 29.9 Å². The second-order valence-corrected chi connectivity index (χ2v) is 5.00. The van der Waals surface area contributed by atoms with Gasteiger partial charge in [0.15, 0.2) is 0 Å². The molecule has 2 aromatic rings. The molecule has 1 heterocycles. The molecule has 0 aliphatic heterocycles.